The standard InChI is InChI=1S/C11H17NS/c1-7-4-10(8(2)13-7)11-5-9(11)6-12-3/h4,9,11-12H,5-6H2,1-3H3. The normalized spacial score (nSPS) is 26.4. The lowest BCUT2D eigenvalue weighted by Gasteiger charge is -1.98. The molecule has 1 heterocycles. The number of nitrogens with one attached hydrogen (secondary N) is 1. The molecule has 1 saturated carbocycles. The highest BCUT2D eigenvalue weighted by Crippen LogP contribution is 2.49. The molecule has 2 atom stereocenters. The predicted molar refractivity (Wildman–Crippen MR) is 58.6 cm³/mol. The second-order valence-corrected chi connectivity index (χ2v) is 5.49. The van der Waals surface area contributed by atoms with E-state index in [1.165, 1.54) is 22.7 Å². The lowest BCUT2D eigenvalue weighted by molar-refractivity contribution is 0.698. The van der Waals surface area contributed by atoms with Crippen LogP contribution in [0.2, 0.25) is 0 Å². The molecule has 1 aliphatic rings. The number of aryl methyl sites for hydroxylation is 2. The molecule has 0 radical (unpaired) electrons. The molecular weight excluding hydrogens is 178 g/mol. The summed E-state index contributed by atoms with van der Waals surface area (Å²) in [5.74, 6) is 1.76. The first kappa shape index (κ1) is 9.22. The van der Waals surface area contributed by atoms with Gasteiger partial charge in [-0.2, -0.15) is 0 Å². The fourth-order valence-electron chi connectivity index (χ4n) is 2.13. The van der Waals surface area contributed by atoms with Crippen molar-refractivity contribution in [3.8, 4) is 0 Å². The Balaban J connectivity index is 2.07. The van der Waals surface area contributed by atoms with Gasteiger partial charge in [-0.15, -0.1) is 11.3 Å². The van der Waals surface area contributed by atoms with Gasteiger partial charge in [0.25, 0.3) is 0 Å². The molecule has 0 bridgehead atoms. The maximum atomic E-state index is 3.26. The van der Waals surface area contributed by atoms with Gasteiger partial charge in [0.15, 0.2) is 0 Å². The van der Waals surface area contributed by atoms with E-state index < -0.39 is 0 Å². The first-order valence-electron chi connectivity index (χ1n) is 4.94. The van der Waals surface area contributed by atoms with Gasteiger partial charge >= 0.3 is 0 Å². The first-order chi connectivity index (χ1) is 6.22. The van der Waals surface area contributed by atoms with E-state index in [1.807, 2.05) is 18.4 Å². The minimum Gasteiger partial charge on any atom is -0.319 e. The van der Waals surface area contributed by atoms with Crippen molar-refractivity contribution >= 4 is 11.3 Å². The Hall–Kier alpha value is -0.340. The molecule has 2 heteroatoms. The zero-order valence-corrected chi connectivity index (χ0v) is 9.37. The van der Waals surface area contributed by atoms with E-state index in [2.05, 4.69) is 25.2 Å². The van der Waals surface area contributed by atoms with Crippen LogP contribution >= 0.6 is 11.3 Å². The second kappa shape index (κ2) is 3.43. The van der Waals surface area contributed by atoms with Crippen LogP contribution in [0.4, 0.5) is 0 Å². The minimum atomic E-state index is 0.859. The molecule has 1 N–H and O–H groups in total. The van der Waals surface area contributed by atoms with Crippen LogP contribution in [-0.2, 0) is 0 Å². The summed E-state index contributed by atoms with van der Waals surface area (Å²) in [6.45, 7) is 5.64. The highest BCUT2D eigenvalue weighted by atomic mass is 32.1. The Bertz CT molecular complexity index is 303. The average molecular weight is 195 g/mol. The highest BCUT2D eigenvalue weighted by molar-refractivity contribution is 7.12. The van der Waals surface area contributed by atoms with Crippen LogP contribution in [0.5, 0.6) is 0 Å². The summed E-state index contributed by atoms with van der Waals surface area (Å²) in [5, 5.41) is 3.26. The van der Waals surface area contributed by atoms with Gasteiger partial charge in [0.2, 0.25) is 0 Å². The minimum absolute atomic E-state index is 0.859. The molecule has 0 spiro atoms. The van der Waals surface area contributed by atoms with Gasteiger partial charge in [-0.05, 0) is 57.3 Å². The summed E-state index contributed by atoms with van der Waals surface area (Å²) in [4.78, 5) is 2.99. The molecule has 13 heavy (non-hydrogen) atoms. The molecule has 1 aliphatic carbocycles. The number of thiophene rings is 1. The summed E-state index contributed by atoms with van der Waals surface area (Å²) >= 11 is 1.94. The third-order valence-electron chi connectivity index (χ3n) is 2.87. The summed E-state index contributed by atoms with van der Waals surface area (Å²) in [5.41, 5.74) is 1.61. The quantitative estimate of drug-likeness (QED) is 0.782. The van der Waals surface area contributed by atoms with E-state index in [4.69, 9.17) is 0 Å². The molecule has 0 aliphatic heterocycles. The van der Waals surface area contributed by atoms with Gasteiger partial charge < -0.3 is 5.32 Å². The Morgan fingerprint density at radius 1 is 1.54 bits per heavy atom. The van der Waals surface area contributed by atoms with Gasteiger partial charge in [0.05, 0.1) is 0 Å². The molecular formula is C11H17NS. The van der Waals surface area contributed by atoms with Crippen LogP contribution in [0.15, 0.2) is 6.07 Å². The molecule has 1 aromatic rings. The summed E-state index contributed by atoms with van der Waals surface area (Å²) in [6, 6.07) is 2.38. The van der Waals surface area contributed by atoms with Crippen LogP contribution in [0, 0.1) is 19.8 Å². The zero-order chi connectivity index (χ0) is 9.42. The van der Waals surface area contributed by atoms with Crippen LogP contribution in [0.3, 0.4) is 0 Å². The Kier molecular flexibility index (Phi) is 2.43. The molecule has 1 nitrogen and oxygen atoms in total. The average Bonchev–Trinajstić information content (AvgIpc) is 2.73. The Morgan fingerprint density at radius 3 is 2.85 bits per heavy atom. The third kappa shape index (κ3) is 1.79. The third-order valence-corrected chi connectivity index (χ3v) is 3.85. The highest BCUT2D eigenvalue weighted by Gasteiger charge is 2.38. The van der Waals surface area contributed by atoms with Crippen molar-refractivity contribution < 1.29 is 0 Å². The summed E-state index contributed by atoms with van der Waals surface area (Å²) in [7, 11) is 2.04. The van der Waals surface area contributed by atoms with Crippen LogP contribution in [0.25, 0.3) is 0 Å². The molecule has 0 amide bonds. The van der Waals surface area contributed by atoms with Gasteiger partial charge in [0, 0.05) is 9.75 Å². The lowest BCUT2D eigenvalue weighted by Crippen LogP contribution is -2.10. The molecule has 1 aromatic heterocycles. The van der Waals surface area contributed by atoms with Crippen molar-refractivity contribution in [2.24, 2.45) is 5.92 Å². The number of hydrogen-bond acceptors (Lipinski definition) is 2. The molecule has 2 unspecified atom stereocenters. The smallest absolute Gasteiger partial charge is 0.00519 e. The second-order valence-electron chi connectivity index (χ2n) is 4.03. The van der Waals surface area contributed by atoms with E-state index in [1.54, 1.807) is 5.56 Å². The zero-order valence-electron chi connectivity index (χ0n) is 8.55. The van der Waals surface area contributed by atoms with Crippen molar-refractivity contribution in [3.05, 3.63) is 21.4 Å². The first-order valence-corrected chi connectivity index (χ1v) is 5.75. The SMILES string of the molecule is CNCC1CC1c1cc(C)sc1C. The van der Waals surface area contributed by atoms with Crippen molar-refractivity contribution in [1.29, 1.82) is 0 Å². The fourth-order valence-corrected chi connectivity index (χ4v) is 3.13. The lowest BCUT2D eigenvalue weighted by atomic mass is 10.1. The van der Waals surface area contributed by atoms with Crippen LogP contribution in [-0.4, -0.2) is 13.6 Å². The molecule has 1 fully saturated rings. The van der Waals surface area contributed by atoms with Crippen molar-refractivity contribution in [3.63, 3.8) is 0 Å². The van der Waals surface area contributed by atoms with E-state index >= 15 is 0 Å². The Labute approximate surface area is 84.2 Å². The fraction of sp³-hybridized carbons (Fsp3) is 0.636. The maximum Gasteiger partial charge on any atom is 0.00519 e. The molecule has 72 valence electrons. The number of hydrogen-bond donors (Lipinski definition) is 1. The van der Waals surface area contributed by atoms with Gasteiger partial charge in [-0.3, -0.25) is 0 Å². The largest absolute Gasteiger partial charge is 0.319 e. The van der Waals surface area contributed by atoms with Crippen molar-refractivity contribution in [1.82, 2.24) is 5.32 Å². The topological polar surface area (TPSA) is 12.0 Å². The van der Waals surface area contributed by atoms with Gasteiger partial charge in [-0.25, -0.2) is 0 Å². The summed E-state index contributed by atoms with van der Waals surface area (Å²) < 4.78 is 0. The van der Waals surface area contributed by atoms with E-state index in [0.29, 0.717) is 0 Å². The van der Waals surface area contributed by atoms with Crippen molar-refractivity contribution in [2.75, 3.05) is 13.6 Å². The van der Waals surface area contributed by atoms with Crippen molar-refractivity contribution in [2.45, 2.75) is 26.2 Å². The van der Waals surface area contributed by atoms with Crippen LogP contribution in [0.1, 0.15) is 27.7 Å². The predicted octanol–water partition coefficient (Wildman–Crippen LogP) is 2.69. The molecule has 0 aromatic carbocycles. The van der Waals surface area contributed by atoms with Crippen LogP contribution < -0.4 is 5.32 Å². The van der Waals surface area contributed by atoms with E-state index in [-0.39, 0.29) is 0 Å². The molecule has 0 saturated heterocycles. The van der Waals surface area contributed by atoms with Gasteiger partial charge in [0.1, 0.15) is 0 Å². The summed E-state index contributed by atoms with van der Waals surface area (Å²) in [6.07, 6.45) is 1.39. The maximum absolute atomic E-state index is 3.26. The monoisotopic (exact) mass is 195 g/mol. The van der Waals surface area contributed by atoms with E-state index in [0.717, 1.165) is 11.8 Å². The molecule has 2 rings (SSSR count). The number of rotatable bonds is 3. The van der Waals surface area contributed by atoms with Gasteiger partial charge in [-0.1, -0.05) is 0 Å². The Morgan fingerprint density at radius 2 is 2.31 bits per heavy atom. The van der Waals surface area contributed by atoms with E-state index in [9.17, 15) is 0 Å².